The molecule has 0 heterocycles. The molecule has 0 unspecified atom stereocenters. The second kappa shape index (κ2) is 13.4. The Morgan fingerprint density at radius 1 is 1.20 bits per heavy atom. The first-order valence-corrected chi connectivity index (χ1v) is 11.2. The molecule has 0 aromatic heterocycles. The summed E-state index contributed by atoms with van der Waals surface area (Å²) < 4.78 is 0. The highest BCUT2D eigenvalue weighted by Crippen LogP contribution is 2.36. The predicted octanol–water partition coefficient (Wildman–Crippen LogP) is 3.15. The van der Waals surface area contributed by atoms with Gasteiger partial charge in [0.15, 0.2) is 0 Å². The van der Waals surface area contributed by atoms with E-state index in [1.165, 1.54) is 5.56 Å². The fraction of sp³-hybridized carbons (Fsp3) is 0.560. The van der Waals surface area contributed by atoms with Gasteiger partial charge in [-0.25, -0.2) is 0 Å². The maximum Gasteiger partial charge on any atom is 0.219 e. The van der Waals surface area contributed by atoms with Gasteiger partial charge in [0.05, 0.1) is 18.3 Å². The summed E-state index contributed by atoms with van der Waals surface area (Å²) in [6.45, 7) is 2.57. The number of hydrogen-bond donors (Lipinski definition) is 4. The molecule has 5 heteroatoms. The SMILES string of the molecule is CCNC(=O)CCC/C=C/C[C@H]1[C@@H](/C=C/[C@H](O)CCc2ccccc2)[C@H](O)C[C@@H]1O. The van der Waals surface area contributed by atoms with Crippen LogP contribution in [0.15, 0.2) is 54.6 Å². The van der Waals surface area contributed by atoms with Gasteiger partial charge in [0.25, 0.3) is 0 Å². The van der Waals surface area contributed by atoms with E-state index in [2.05, 4.69) is 5.32 Å². The van der Waals surface area contributed by atoms with Crippen LogP contribution < -0.4 is 5.32 Å². The lowest BCUT2D eigenvalue weighted by Crippen LogP contribution is -2.21. The summed E-state index contributed by atoms with van der Waals surface area (Å²) in [5, 5.41) is 33.8. The van der Waals surface area contributed by atoms with E-state index in [-0.39, 0.29) is 17.7 Å². The molecule has 0 bridgehead atoms. The lowest BCUT2D eigenvalue weighted by atomic mass is 9.89. The Balaban J connectivity index is 1.78. The summed E-state index contributed by atoms with van der Waals surface area (Å²) in [5.41, 5.74) is 1.19. The fourth-order valence-corrected chi connectivity index (χ4v) is 4.06. The number of amides is 1. The minimum Gasteiger partial charge on any atom is -0.393 e. The molecule has 1 fully saturated rings. The first-order chi connectivity index (χ1) is 14.5. The molecule has 4 N–H and O–H groups in total. The van der Waals surface area contributed by atoms with Crippen molar-refractivity contribution in [1.82, 2.24) is 5.32 Å². The minimum atomic E-state index is -0.589. The number of aliphatic hydroxyl groups is 3. The smallest absolute Gasteiger partial charge is 0.219 e. The van der Waals surface area contributed by atoms with Gasteiger partial charge >= 0.3 is 0 Å². The summed E-state index contributed by atoms with van der Waals surface area (Å²) in [4.78, 5) is 11.4. The van der Waals surface area contributed by atoms with Crippen LogP contribution in [-0.2, 0) is 11.2 Å². The average Bonchev–Trinajstić information content (AvgIpc) is 3.00. The number of benzene rings is 1. The molecule has 166 valence electrons. The Morgan fingerprint density at radius 3 is 2.70 bits per heavy atom. The minimum absolute atomic E-state index is 0.0581. The van der Waals surface area contributed by atoms with Gasteiger partial charge in [0, 0.05) is 25.3 Å². The molecule has 1 amide bonds. The fourth-order valence-electron chi connectivity index (χ4n) is 4.06. The molecule has 1 aromatic carbocycles. The van der Waals surface area contributed by atoms with Crippen molar-refractivity contribution in [3.05, 3.63) is 60.2 Å². The molecule has 1 aliphatic carbocycles. The van der Waals surface area contributed by atoms with Gasteiger partial charge in [-0.2, -0.15) is 0 Å². The van der Waals surface area contributed by atoms with Crippen LogP contribution in [0.3, 0.4) is 0 Å². The third kappa shape index (κ3) is 8.42. The van der Waals surface area contributed by atoms with E-state index in [4.69, 9.17) is 0 Å². The zero-order valence-corrected chi connectivity index (χ0v) is 18.0. The third-order valence-electron chi connectivity index (χ3n) is 5.77. The Morgan fingerprint density at radius 2 is 1.97 bits per heavy atom. The number of allylic oxidation sites excluding steroid dienone is 2. The summed E-state index contributed by atoms with van der Waals surface area (Å²) in [6.07, 6.45) is 10.6. The number of hydrogen-bond acceptors (Lipinski definition) is 4. The molecule has 1 aliphatic rings. The van der Waals surface area contributed by atoms with Crippen molar-refractivity contribution in [2.75, 3.05) is 6.54 Å². The van der Waals surface area contributed by atoms with E-state index in [9.17, 15) is 20.1 Å². The standard InChI is InChI=1S/C25H37NO4/c1-2-26-25(30)13-9-4-3-8-12-21-22(24(29)18-23(21)28)17-16-20(27)15-14-19-10-6-5-7-11-19/h3,5-8,10-11,16-17,20-24,27-29H,2,4,9,12-15,18H2,1H3,(H,26,30)/b8-3+,17-16+/t20-,21+,22-,23+,24-/m1/s1. The van der Waals surface area contributed by atoms with Gasteiger partial charge < -0.3 is 20.6 Å². The first-order valence-electron chi connectivity index (χ1n) is 11.2. The maximum atomic E-state index is 11.4. The van der Waals surface area contributed by atoms with Crippen molar-refractivity contribution in [3.63, 3.8) is 0 Å². The molecular formula is C25H37NO4. The molecule has 1 aromatic rings. The molecule has 5 atom stereocenters. The van der Waals surface area contributed by atoms with Crippen molar-refractivity contribution in [1.29, 1.82) is 0 Å². The molecule has 5 nitrogen and oxygen atoms in total. The third-order valence-corrected chi connectivity index (χ3v) is 5.77. The molecule has 0 spiro atoms. The van der Waals surface area contributed by atoms with Crippen LogP contribution in [0, 0.1) is 11.8 Å². The Kier molecular flexibility index (Phi) is 10.8. The first kappa shape index (κ1) is 24.3. The molecule has 0 radical (unpaired) electrons. The highest BCUT2D eigenvalue weighted by molar-refractivity contribution is 5.75. The van der Waals surface area contributed by atoms with E-state index in [0.29, 0.717) is 32.2 Å². The van der Waals surface area contributed by atoms with Crippen molar-refractivity contribution in [2.24, 2.45) is 11.8 Å². The van der Waals surface area contributed by atoms with Gasteiger partial charge in [-0.05, 0) is 50.5 Å². The second-order valence-corrected chi connectivity index (χ2v) is 8.14. The molecule has 0 saturated heterocycles. The van der Waals surface area contributed by atoms with Crippen LogP contribution in [0.25, 0.3) is 0 Å². The number of carbonyl (C=O) groups excluding carboxylic acids is 1. The average molecular weight is 416 g/mol. The molecule has 1 saturated carbocycles. The van der Waals surface area contributed by atoms with Crippen molar-refractivity contribution in [3.8, 4) is 0 Å². The Bertz CT molecular complexity index is 673. The van der Waals surface area contributed by atoms with Gasteiger partial charge in [0.2, 0.25) is 5.91 Å². The monoisotopic (exact) mass is 415 g/mol. The lowest BCUT2D eigenvalue weighted by molar-refractivity contribution is -0.121. The van der Waals surface area contributed by atoms with Crippen LogP contribution in [0.4, 0.5) is 0 Å². The summed E-state index contributed by atoms with van der Waals surface area (Å²) in [6, 6.07) is 10.1. The highest BCUT2D eigenvalue weighted by atomic mass is 16.3. The van der Waals surface area contributed by atoms with E-state index in [0.717, 1.165) is 19.3 Å². The summed E-state index contributed by atoms with van der Waals surface area (Å²) in [7, 11) is 0. The Labute approximate surface area is 180 Å². The zero-order chi connectivity index (χ0) is 21.8. The van der Waals surface area contributed by atoms with Crippen LogP contribution in [0.5, 0.6) is 0 Å². The number of carbonyl (C=O) groups is 1. The number of rotatable bonds is 12. The van der Waals surface area contributed by atoms with Gasteiger partial charge in [-0.15, -0.1) is 0 Å². The summed E-state index contributed by atoms with van der Waals surface area (Å²) in [5.74, 6) is -0.139. The van der Waals surface area contributed by atoms with Gasteiger partial charge in [-0.1, -0.05) is 54.6 Å². The molecule has 30 heavy (non-hydrogen) atoms. The van der Waals surface area contributed by atoms with Crippen molar-refractivity contribution < 1.29 is 20.1 Å². The zero-order valence-electron chi connectivity index (χ0n) is 18.0. The maximum absolute atomic E-state index is 11.4. The van der Waals surface area contributed by atoms with Crippen LogP contribution in [0.2, 0.25) is 0 Å². The molecule has 2 rings (SSSR count). The number of unbranched alkanes of at least 4 members (excludes halogenated alkanes) is 1. The second-order valence-electron chi connectivity index (χ2n) is 8.14. The van der Waals surface area contributed by atoms with Crippen molar-refractivity contribution in [2.45, 2.75) is 70.2 Å². The number of aryl methyl sites for hydroxylation is 1. The van der Waals surface area contributed by atoms with Gasteiger partial charge in [0.1, 0.15) is 0 Å². The van der Waals surface area contributed by atoms with E-state index in [1.807, 2.05) is 55.5 Å². The molecular weight excluding hydrogens is 378 g/mol. The van der Waals surface area contributed by atoms with E-state index >= 15 is 0 Å². The van der Waals surface area contributed by atoms with Crippen LogP contribution >= 0.6 is 0 Å². The van der Waals surface area contributed by atoms with E-state index < -0.39 is 18.3 Å². The van der Waals surface area contributed by atoms with Crippen molar-refractivity contribution >= 4 is 5.91 Å². The number of nitrogens with one attached hydrogen (secondary N) is 1. The van der Waals surface area contributed by atoms with Crippen LogP contribution in [0.1, 0.15) is 51.0 Å². The topological polar surface area (TPSA) is 89.8 Å². The van der Waals surface area contributed by atoms with Gasteiger partial charge in [-0.3, -0.25) is 4.79 Å². The highest BCUT2D eigenvalue weighted by Gasteiger charge is 2.39. The summed E-state index contributed by atoms with van der Waals surface area (Å²) >= 11 is 0. The number of aliphatic hydroxyl groups excluding tert-OH is 3. The molecule has 0 aliphatic heterocycles. The van der Waals surface area contributed by atoms with Crippen LogP contribution in [-0.4, -0.2) is 46.1 Å². The normalized spacial score (nSPS) is 25.2. The predicted molar refractivity (Wildman–Crippen MR) is 120 cm³/mol. The quantitative estimate of drug-likeness (QED) is 0.312. The Hall–Kier alpha value is -1.95. The lowest BCUT2D eigenvalue weighted by Gasteiger charge is -2.19. The van der Waals surface area contributed by atoms with E-state index in [1.54, 1.807) is 6.08 Å². The largest absolute Gasteiger partial charge is 0.393 e.